The van der Waals surface area contributed by atoms with Crippen molar-refractivity contribution in [3.63, 3.8) is 0 Å². The Labute approximate surface area is 171 Å². The van der Waals surface area contributed by atoms with E-state index in [2.05, 4.69) is 15.0 Å². The van der Waals surface area contributed by atoms with E-state index in [9.17, 15) is 8.78 Å². The molecule has 1 aromatic heterocycles. The van der Waals surface area contributed by atoms with E-state index in [-0.39, 0.29) is 11.6 Å². The monoisotopic (exact) mass is 418 g/mol. The summed E-state index contributed by atoms with van der Waals surface area (Å²) in [6, 6.07) is 10.1. The van der Waals surface area contributed by atoms with E-state index in [0.29, 0.717) is 22.8 Å². The van der Waals surface area contributed by atoms with Crippen LogP contribution in [0.15, 0.2) is 48.7 Å². The summed E-state index contributed by atoms with van der Waals surface area (Å²) >= 11 is 1.52. The molecule has 4 N–H and O–H groups in total. The summed E-state index contributed by atoms with van der Waals surface area (Å²) in [7, 11) is 1.47. The minimum Gasteiger partial charge on any atom is -0.479 e. The predicted octanol–water partition coefficient (Wildman–Crippen LogP) is 5.57. The summed E-state index contributed by atoms with van der Waals surface area (Å²) in [6.07, 6.45) is 1.55. The molecule has 0 saturated heterocycles. The summed E-state index contributed by atoms with van der Waals surface area (Å²) in [5.41, 5.74) is 8.28. The number of nitrogen functional groups attached to an aromatic ring is 1. The molecule has 9 heteroatoms. The van der Waals surface area contributed by atoms with Gasteiger partial charge in [0.2, 0.25) is 5.88 Å². The van der Waals surface area contributed by atoms with Gasteiger partial charge in [0.05, 0.1) is 18.5 Å². The summed E-state index contributed by atoms with van der Waals surface area (Å²) in [5.74, 6) is -0.101. The highest BCUT2D eigenvalue weighted by molar-refractivity contribution is 8.00. The van der Waals surface area contributed by atoms with Crippen molar-refractivity contribution in [3.8, 4) is 17.4 Å². The first-order valence-corrected chi connectivity index (χ1v) is 9.70. The van der Waals surface area contributed by atoms with Crippen molar-refractivity contribution < 1.29 is 18.3 Å². The van der Waals surface area contributed by atoms with Gasteiger partial charge in [0, 0.05) is 23.7 Å². The van der Waals surface area contributed by atoms with Gasteiger partial charge in [0.25, 0.3) is 0 Å². The molecule has 3 rings (SSSR count). The molecular weight excluding hydrogens is 398 g/mol. The first kappa shape index (κ1) is 20.5. The molecule has 2 aromatic carbocycles. The van der Waals surface area contributed by atoms with Gasteiger partial charge in [0.15, 0.2) is 17.3 Å². The Balaban J connectivity index is 1.97. The van der Waals surface area contributed by atoms with Gasteiger partial charge in [-0.3, -0.25) is 0 Å². The van der Waals surface area contributed by atoms with Gasteiger partial charge >= 0.3 is 0 Å². The fourth-order valence-electron chi connectivity index (χ4n) is 2.48. The fourth-order valence-corrected chi connectivity index (χ4v) is 2.92. The topological polar surface area (TPSA) is 81.4 Å². The number of pyridine rings is 1. The van der Waals surface area contributed by atoms with Crippen molar-refractivity contribution in [1.82, 2.24) is 4.98 Å². The van der Waals surface area contributed by atoms with Gasteiger partial charge in [-0.05, 0) is 36.4 Å². The minimum absolute atomic E-state index is 0.0987. The van der Waals surface area contributed by atoms with Crippen molar-refractivity contribution in [2.45, 2.75) is 6.92 Å². The number of hydrogen-bond donors (Lipinski definition) is 3. The van der Waals surface area contributed by atoms with E-state index in [1.807, 2.05) is 6.92 Å². The molecule has 0 bridgehead atoms. The van der Waals surface area contributed by atoms with Crippen LogP contribution in [0.2, 0.25) is 0 Å². The Bertz CT molecular complexity index is 1000. The van der Waals surface area contributed by atoms with E-state index in [1.165, 1.54) is 25.1 Å². The number of aromatic nitrogens is 1. The zero-order valence-electron chi connectivity index (χ0n) is 15.8. The summed E-state index contributed by atoms with van der Waals surface area (Å²) < 4.78 is 41.3. The number of rotatable bonds is 8. The van der Waals surface area contributed by atoms with Crippen molar-refractivity contribution in [1.29, 1.82) is 0 Å². The summed E-state index contributed by atoms with van der Waals surface area (Å²) in [5, 5.41) is 3.17. The van der Waals surface area contributed by atoms with Crippen LogP contribution in [-0.4, -0.2) is 17.8 Å². The highest BCUT2D eigenvalue weighted by Crippen LogP contribution is 2.38. The molecule has 0 radical (unpaired) electrons. The Morgan fingerprint density at radius 1 is 1.07 bits per heavy atom. The van der Waals surface area contributed by atoms with Gasteiger partial charge in [-0.1, -0.05) is 18.9 Å². The molecule has 0 spiro atoms. The predicted molar refractivity (Wildman–Crippen MR) is 113 cm³/mol. The van der Waals surface area contributed by atoms with Gasteiger partial charge in [-0.2, -0.15) is 0 Å². The number of nitrogens with two attached hydrogens (primary N) is 1. The maximum absolute atomic E-state index is 14.1. The van der Waals surface area contributed by atoms with E-state index >= 15 is 0 Å². The van der Waals surface area contributed by atoms with E-state index in [4.69, 9.17) is 15.2 Å². The summed E-state index contributed by atoms with van der Waals surface area (Å²) in [4.78, 5) is 4.05. The lowest BCUT2D eigenvalue weighted by Gasteiger charge is -2.17. The van der Waals surface area contributed by atoms with Crippen LogP contribution >= 0.6 is 11.9 Å². The molecule has 0 aliphatic carbocycles. The zero-order valence-corrected chi connectivity index (χ0v) is 16.6. The smallest absolute Gasteiger partial charge is 0.239 e. The third-order valence-electron chi connectivity index (χ3n) is 3.84. The van der Waals surface area contributed by atoms with Gasteiger partial charge in [-0.25, -0.2) is 13.8 Å². The van der Waals surface area contributed by atoms with Crippen LogP contribution < -0.4 is 25.2 Å². The van der Waals surface area contributed by atoms with E-state index < -0.39 is 11.6 Å². The first-order chi connectivity index (χ1) is 14.0. The molecule has 0 aliphatic heterocycles. The lowest BCUT2D eigenvalue weighted by atomic mass is 10.2. The molecule has 0 amide bonds. The number of anilines is 4. The molecular formula is C20H20F2N4O2S. The molecule has 1 heterocycles. The number of nitrogens with zero attached hydrogens (tertiary/aromatic N) is 1. The van der Waals surface area contributed by atoms with Crippen LogP contribution in [0.4, 0.5) is 31.5 Å². The molecule has 0 atom stereocenters. The molecule has 3 aromatic rings. The molecule has 0 saturated carbocycles. The fraction of sp³-hybridized carbons (Fsp3) is 0.150. The van der Waals surface area contributed by atoms with Crippen LogP contribution in [0.1, 0.15) is 6.92 Å². The number of methoxy groups -OCH3 is 1. The highest BCUT2D eigenvalue weighted by Gasteiger charge is 2.14. The maximum atomic E-state index is 14.1. The number of hydrogen-bond acceptors (Lipinski definition) is 7. The molecule has 6 nitrogen and oxygen atoms in total. The van der Waals surface area contributed by atoms with Crippen LogP contribution in [0.25, 0.3) is 0 Å². The van der Waals surface area contributed by atoms with Gasteiger partial charge < -0.3 is 25.2 Å². The zero-order chi connectivity index (χ0) is 20.8. The van der Waals surface area contributed by atoms with Crippen LogP contribution in [0.3, 0.4) is 0 Å². The van der Waals surface area contributed by atoms with E-state index in [0.717, 1.165) is 23.6 Å². The minimum atomic E-state index is -0.801. The average Bonchev–Trinajstić information content (AvgIpc) is 2.71. The Morgan fingerprint density at radius 2 is 1.86 bits per heavy atom. The molecule has 152 valence electrons. The van der Waals surface area contributed by atoms with Crippen molar-refractivity contribution in [2.75, 3.05) is 28.6 Å². The van der Waals surface area contributed by atoms with Crippen LogP contribution in [-0.2, 0) is 0 Å². The number of nitrogens with one attached hydrogen (secondary N) is 2. The molecule has 0 unspecified atom stereocenters. The molecule has 0 aliphatic rings. The number of halogens is 2. The van der Waals surface area contributed by atoms with Crippen molar-refractivity contribution in [2.24, 2.45) is 0 Å². The number of benzene rings is 2. The second-order valence-electron chi connectivity index (χ2n) is 5.83. The Hall–Kier alpha value is -3.20. The largest absolute Gasteiger partial charge is 0.479 e. The van der Waals surface area contributed by atoms with Crippen LogP contribution in [0, 0.1) is 11.6 Å². The van der Waals surface area contributed by atoms with Crippen LogP contribution in [0.5, 0.6) is 17.4 Å². The lowest BCUT2D eigenvalue weighted by Crippen LogP contribution is -2.02. The lowest BCUT2D eigenvalue weighted by molar-refractivity contribution is 0.400. The van der Waals surface area contributed by atoms with Crippen molar-refractivity contribution in [3.05, 3.63) is 60.3 Å². The Kier molecular flexibility index (Phi) is 6.61. The third-order valence-corrected chi connectivity index (χ3v) is 4.51. The summed E-state index contributed by atoms with van der Waals surface area (Å²) in [6.45, 7) is 2.02. The van der Waals surface area contributed by atoms with E-state index in [1.54, 1.807) is 30.5 Å². The molecule has 29 heavy (non-hydrogen) atoms. The maximum Gasteiger partial charge on any atom is 0.239 e. The van der Waals surface area contributed by atoms with Crippen molar-refractivity contribution >= 4 is 34.7 Å². The first-order valence-electron chi connectivity index (χ1n) is 8.72. The van der Waals surface area contributed by atoms with Gasteiger partial charge in [-0.15, -0.1) is 0 Å². The molecule has 0 fully saturated rings. The normalized spacial score (nSPS) is 10.5. The number of ether oxygens (including phenoxy) is 2. The quantitative estimate of drug-likeness (QED) is 0.413. The highest BCUT2D eigenvalue weighted by atomic mass is 32.2. The second-order valence-corrected chi connectivity index (χ2v) is 6.90. The standard InChI is InChI=1S/C20H20F2N4O2S/c1-3-29-26-13-5-7-18(28-17-6-4-12(21)10-14(17)22)16(11-13)25-15-8-9-24-20(27-2)19(15)23/h4-11,26H,3,23H2,1-2H3,(H,24,25). The Morgan fingerprint density at radius 3 is 2.59 bits per heavy atom. The van der Waals surface area contributed by atoms with Gasteiger partial charge in [0.1, 0.15) is 11.5 Å². The SMILES string of the molecule is CCSNc1ccc(Oc2ccc(F)cc2F)c(Nc2ccnc(OC)c2N)c1. The second kappa shape index (κ2) is 9.33. The average molecular weight is 418 g/mol. The third kappa shape index (κ3) is 5.00.